The standard InChI is InChI=1S/C6H9F3O2S/c7-6(8,5-1-2-5)3-4-12(9,10)11/h5H,1-4H2. The smallest absolute Gasteiger partial charge is 0.207 e. The van der Waals surface area contributed by atoms with Crippen LogP contribution in [0.25, 0.3) is 0 Å². The summed E-state index contributed by atoms with van der Waals surface area (Å²) < 4.78 is 57.1. The van der Waals surface area contributed by atoms with Crippen LogP contribution in [0.3, 0.4) is 0 Å². The Hall–Kier alpha value is -0.260. The van der Waals surface area contributed by atoms with Crippen LogP contribution in [0.15, 0.2) is 0 Å². The third-order valence-corrected chi connectivity index (χ3v) is 2.55. The summed E-state index contributed by atoms with van der Waals surface area (Å²) in [6.07, 6.45) is -0.0604. The zero-order chi connectivity index (χ0) is 9.41. The first kappa shape index (κ1) is 9.83. The second kappa shape index (κ2) is 2.90. The van der Waals surface area contributed by atoms with Crippen molar-refractivity contribution in [1.82, 2.24) is 0 Å². The molecule has 12 heavy (non-hydrogen) atoms. The molecule has 0 aliphatic heterocycles. The Morgan fingerprint density at radius 3 is 2.17 bits per heavy atom. The maximum atomic E-state index is 12.7. The van der Waals surface area contributed by atoms with Crippen LogP contribution in [0.2, 0.25) is 0 Å². The first-order valence-corrected chi connectivity index (χ1v) is 5.17. The molecule has 0 N–H and O–H groups in total. The summed E-state index contributed by atoms with van der Waals surface area (Å²) >= 11 is 0. The average molecular weight is 202 g/mol. The molecule has 0 bridgehead atoms. The largest absolute Gasteiger partial charge is 0.302 e. The van der Waals surface area contributed by atoms with Crippen LogP contribution < -0.4 is 0 Å². The summed E-state index contributed by atoms with van der Waals surface area (Å²) in [5, 5.41) is 0. The molecule has 0 amide bonds. The molecule has 0 saturated heterocycles. The van der Waals surface area contributed by atoms with Gasteiger partial charge in [0.15, 0.2) is 0 Å². The maximum absolute atomic E-state index is 12.7. The molecule has 0 atom stereocenters. The highest BCUT2D eigenvalue weighted by Crippen LogP contribution is 2.45. The van der Waals surface area contributed by atoms with Gasteiger partial charge in [0.05, 0.1) is 5.75 Å². The predicted molar refractivity (Wildman–Crippen MR) is 37.2 cm³/mol. The molecule has 2 nitrogen and oxygen atoms in total. The van der Waals surface area contributed by atoms with Crippen molar-refractivity contribution in [1.29, 1.82) is 0 Å². The van der Waals surface area contributed by atoms with Crippen LogP contribution in [0.5, 0.6) is 0 Å². The van der Waals surface area contributed by atoms with Crippen LogP contribution in [-0.2, 0) is 10.2 Å². The average Bonchev–Trinajstić information content (AvgIpc) is 2.62. The SMILES string of the molecule is O=S(=O)(F)CCC(F)(F)C1CC1. The third-order valence-electron chi connectivity index (χ3n) is 1.85. The van der Waals surface area contributed by atoms with Gasteiger partial charge in [-0.3, -0.25) is 0 Å². The molecule has 1 rings (SSSR count). The van der Waals surface area contributed by atoms with E-state index in [1.165, 1.54) is 0 Å². The maximum Gasteiger partial charge on any atom is 0.302 e. The molecule has 1 fully saturated rings. The highest BCUT2D eigenvalue weighted by molar-refractivity contribution is 7.86. The number of halogens is 3. The molecule has 0 heterocycles. The number of hydrogen-bond donors (Lipinski definition) is 0. The molecule has 72 valence electrons. The van der Waals surface area contributed by atoms with Gasteiger partial charge in [-0.15, -0.1) is 3.89 Å². The van der Waals surface area contributed by atoms with Crippen molar-refractivity contribution in [2.75, 3.05) is 5.75 Å². The Morgan fingerprint density at radius 2 is 1.83 bits per heavy atom. The zero-order valence-corrected chi connectivity index (χ0v) is 7.08. The van der Waals surface area contributed by atoms with Crippen molar-refractivity contribution in [2.45, 2.75) is 25.2 Å². The fourth-order valence-corrected chi connectivity index (χ4v) is 1.48. The fourth-order valence-electron chi connectivity index (χ4n) is 0.968. The Bertz CT molecular complexity index is 256. The van der Waals surface area contributed by atoms with Crippen molar-refractivity contribution in [3.63, 3.8) is 0 Å². The third kappa shape index (κ3) is 3.00. The summed E-state index contributed by atoms with van der Waals surface area (Å²) in [6, 6.07) is 0. The van der Waals surface area contributed by atoms with Gasteiger partial charge >= 0.3 is 10.2 Å². The van der Waals surface area contributed by atoms with E-state index >= 15 is 0 Å². The first-order chi connectivity index (χ1) is 5.31. The van der Waals surface area contributed by atoms with Gasteiger partial charge in [0.1, 0.15) is 0 Å². The van der Waals surface area contributed by atoms with Crippen LogP contribution in [0.1, 0.15) is 19.3 Å². The lowest BCUT2D eigenvalue weighted by Crippen LogP contribution is -2.22. The van der Waals surface area contributed by atoms with Gasteiger partial charge in [-0.1, -0.05) is 0 Å². The van der Waals surface area contributed by atoms with E-state index in [-0.39, 0.29) is 0 Å². The molecule has 0 unspecified atom stereocenters. The lowest BCUT2D eigenvalue weighted by atomic mass is 10.2. The lowest BCUT2D eigenvalue weighted by molar-refractivity contribution is -0.0252. The van der Waals surface area contributed by atoms with Crippen LogP contribution in [0.4, 0.5) is 12.7 Å². The summed E-state index contributed by atoms with van der Waals surface area (Å²) in [6.45, 7) is 0. The molecule has 6 heteroatoms. The molecule has 1 saturated carbocycles. The van der Waals surface area contributed by atoms with Gasteiger partial charge in [-0.2, -0.15) is 8.42 Å². The zero-order valence-electron chi connectivity index (χ0n) is 6.26. The minimum absolute atomic E-state index is 0.416. The van der Waals surface area contributed by atoms with E-state index in [0.29, 0.717) is 12.8 Å². The second-order valence-corrected chi connectivity index (χ2v) is 4.51. The van der Waals surface area contributed by atoms with Crippen LogP contribution in [0, 0.1) is 5.92 Å². The normalized spacial score (nSPS) is 19.6. The van der Waals surface area contributed by atoms with E-state index in [4.69, 9.17) is 0 Å². The van der Waals surface area contributed by atoms with E-state index in [1.807, 2.05) is 0 Å². The quantitative estimate of drug-likeness (QED) is 0.650. The van der Waals surface area contributed by atoms with E-state index < -0.39 is 34.2 Å². The van der Waals surface area contributed by atoms with Crippen molar-refractivity contribution < 1.29 is 21.1 Å². The van der Waals surface area contributed by atoms with Gasteiger partial charge in [0.25, 0.3) is 5.92 Å². The Balaban J connectivity index is 2.40. The summed E-state index contributed by atoms with van der Waals surface area (Å²) in [7, 11) is -4.74. The topological polar surface area (TPSA) is 34.1 Å². The highest BCUT2D eigenvalue weighted by Gasteiger charge is 2.46. The molecular weight excluding hydrogens is 193 g/mol. The molecule has 0 radical (unpaired) electrons. The first-order valence-electron chi connectivity index (χ1n) is 3.61. The molecule has 0 aromatic heterocycles. The lowest BCUT2D eigenvalue weighted by Gasteiger charge is -2.13. The van der Waals surface area contributed by atoms with E-state index in [9.17, 15) is 21.1 Å². The molecular formula is C6H9F3O2S. The number of hydrogen-bond acceptors (Lipinski definition) is 2. The van der Waals surface area contributed by atoms with Crippen molar-refractivity contribution >= 4 is 10.2 Å². The van der Waals surface area contributed by atoms with E-state index in [0.717, 1.165) is 0 Å². The Morgan fingerprint density at radius 1 is 1.33 bits per heavy atom. The Labute approximate surface area is 69.0 Å². The monoisotopic (exact) mass is 202 g/mol. The van der Waals surface area contributed by atoms with E-state index in [1.54, 1.807) is 0 Å². The second-order valence-electron chi connectivity index (χ2n) is 3.03. The fraction of sp³-hybridized carbons (Fsp3) is 1.00. The van der Waals surface area contributed by atoms with Gasteiger partial charge < -0.3 is 0 Å². The van der Waals surface area contributed by atoms with Crippen LogP contribution in [-0.4, -0.2) is 20.1 Å². The van der Waals surface area contributed by atoms with Crippen molar-refractivity contribution in [3.05, 3.63) is 0 Å². The van der Waals surface area contributed by atoms with Gasteiger partial charge in [-0.05, 0) is 12.8 Å². The Kier molecular flexibility index (Phi) is 2.38. The summed E-state index contributed by atoms with van der Waals surface area (Å²) in [5.41, 5.74) is 0. The van der Waals surface area contributed by atoms with Crippen molar-refractivity contribution in [2.24, 2.45) is 5.92 Å². The highest BCUT2D eigenvalue weighted by atomic mass is 32.3. The summed E-state index contributed by atoms with van der Waals surface area (Å²) in [4.78, 5) is 0. The minimum Gasteiger partial charge on any atom is -0.207 e. The predicted octanol–water partition coefficient (Wildman–Crippen LogP) is 1.72. The molecule has 0 aromatic rings. The van der Waals surface area contributed by atoms with Gasteiger partial charge in [0, 0.05) is 12.3 Å². The van der Waals surface area contributed by atoms with Crippen molar-refractivity contribution in [3.8, 4) is 0 Å². The van der Waals surface area contributed by atoms with Gasteiger partial charge in [-0.25, -0.2) is 8.78 Å². The van der Waals surface area contributed by atoms with Crippen LogP contribution >= 0.6 is 0 Å². The number of alkyl halides is 2. The molecule has 0 aromatic carbocycles. The number of rotatable bonds is 4. The molecule has 0 spiro atoms. The van der Waals surface area contributed by atoms with E-state index in [2.05, 4.69) is 0 Å². The molecule has 1 aliphatic carbocycles. The molecule has 1 aliphatic rings. The minimum atomic E-state index is -4.74. The van der Waals surface area contributed by atoms with Gasteiger partial charge in [0.2, 0.25) is 0 Å². The summed E-state index contributed by atoms with van der Waals surface area (Å²) in [5.74, 6) is -4.80.